The highest BCUT2D eigenvalue weighted by molar-refractivity contribution is 5.94. The number of nitrogens with two attached hydrogens (primary N) is 1. The number of hydrogen-bond donors (Lipinski definition) is 3. The van der Waals surface area contributed by atoms with Crippen molar-refractivity contribution in [3.63, 3.8) is 0 Å². The number of anilines is 1. The van der Waals surface area contributed by atoms with Crippen LogP contribution in [0.4, 0.5) is 5.69 Å². The normalized spacial score (nSPS) is 12.1. The summed E-state index contributed by atoms with van der Waals surface area (Å²) >= 11 is 0. The highest BCUT2D eigenvalue weighted by atomic mass is 16.5. The van der Waals surface area contributed by atoms with Gasteiger partial charge >= 0.3 is 5.69 Å². The van der Waals surface area contributed by atoms with Crippen LogP contribution in [-0.2, 0) is 9.53 Å². The van der Waals surface area contributed by atoms with Crippen molar-refractivity contribution in [1.29, 1.82) is 0 Å². The van der Waals surface area contributed by atoms with Crippen molar-refractivity contribution in [2.24, 2.45) is 5.73 Å². The van der Waals surface area contributed by atoms with Crippen LogP contribution in [0, 0.1) is 0 Å². The minimum absolute atomic E-state index is 0.155. The van der Waals surface area contributed by atoms with Crippen LogP contribution < -0.4 is 16.7 Å². The van der Waals surface area contributed by atoms with E-state index in [4.69, 9.17) is 10.5 Å². The number of amides is 1. The maximum absolute atomic E-state index is 11.7. The number of imidazole rings is 1. The van der Waals surface area contributed by atoms with E-state index >= 15 is 0 Å². The van der Waals surface area contributed by atoms with Gasteiger partial charge in [-0.2, -0.15) is 0 Å². The van der Waals surface area contributed by atoms with E-state index in [-0.39, 0.29) is 18.2 Å². The summed E-state index contributed by atoms with van der Waals surface area (Å²) in [5.41, 5.74) is 6.71. The van der Waals surface area contributed by atoms with Gasteiger partial charge in [-0.3, -0.25) is 9.36 Å². The average Bonchev–Trinajstić information content (AvgIpc) is 2.86. The van der Waals surface area contributed by atoms with Gasteiger partial charge in [0.05, 0.1) is 12.3 Å². The number of carbonyl (C=O) groups excluding carboxylic acids is 1. The van der Waals surface area contributed by atoms with Crippen molar-refractivity contribution < 1.29 is 9.53 Å². The first kappa shape index (κ1) is 14.0. The minimum Gasteiger partial charge on any atom is -0.383 e. The zero-order valence-corrected chi connectivity index (χ0v) is 11.0. The lowest BCUT2D eigenvalue weighted by molar-refractivity contribution is -0.118. The Morgan fingerprint density at radius 2 is 2.15 bits per heavy atom. The molecular weight excluding hydrogens is 260 g/mol. The molecule has 4 N–H and O–H groups in total. The molecule has 0 fully saturated rings. The summed E-state index contributed by atoms with van der Waals surface area (Å²) in [5, 5.41) is 2.67. The summed E-state index contributed by atoms with van der Waals surface area (Å²) in [6.45, 7) is 0.155. The zero-order valence-electron chi connectivity index (χ0n) is 11.0. The summed E-state index contributed by atoms with van der Waals surface area (Å²) in [7, 11) is 1.48. The molecule has 0 aliphatic carbocycles. The van der Waals surface area contributed by atoms with Gasteiger partial charge in [-0.05, 0) is 24.3 Å². The third-order valence-corrected chi connectivity index (χ3v) is 2.75. The van der Waals surface area contributed by atoms with Crippen LogP contribution in [0.25, 0.3) is 5.69 Å². The van der Waals surface area contributed by atoms with Crippen molar-refractivity contribution in [3.05, 3.63) is 47.1 Å². The highest BCUT2D eigenvalue weighted by Crippen LogP contribution is 2.12. The summed E-state index contributed by atoms with van der Waals surface area (Å²) in [5.74, 6) is -0.321. The predicted molar refractivity (Wildman–Crippen MR) is 74.9 cm³/mol. The van der Waals surface area contributed by atoms with Crippen LogP contribution >= 0.6 is 0 Å². The second-order valence-electron chi connectivity index (χ2n) is 4.23. The summed E-state index contributed by atoms with van der Waals surface area (Å²) in [4.78, 5) is 25.7. The molecule has 1 atom stereocenters. The average molecular weight is 276 g/mol. The van der Waals surface area contributed by atoms with Crippen molar-refractivity contribution >= 4 is 11.6 Å². The molecule has 0 bridgehead atoms. The van der Waals surface area contributed by atoms with Crippen molar-refractivity contribution in [2.45, 2.75) is 6.04 Å². The third kappa shape index (κ3) is 3.14. The van der Waals surface area contributed by atoms with Crippen LogP contribution in [0.5, 0.6) is 0 Å². The molecule has 0 aliphatic rings. The summed E-state index contributed by atoms with van der Waals surface area (Å²) < 4.78 is 6.28. The second-order valence-corrected chi connectivity index (χ2v) is 4.23. The molecular formula is C13H16N4O3. The number of nitrogens with one attached hydrogen (secondary N) is 2. The van der Waals surface area contributed by atoms with E-state index in [2.05, 4.69) is 10.3 Å². The molecule has 20 heavy (non-hydrogen) atoms. The standard InChI is InChI=1S/C13H16N4O3/c1-20-8-11(14)12(18)16-9-2-4-10(5-3-9)17-7-6-15-13(17)19/h2-7,11H,8,14H2,1H3,(H,15,19)(H,16,18). The fraction of sp³-hybridized carbons (Fsp3) is 0.231. The molecule has 0 saturated carbocycles. The number of nitrogens with zero attached hydrogens (tertiary/aromatic N) is 1. The zero-order chi connectivity index (χ0) is 14.5. The molecule has 0 aliphatic heterocycles. The number of methoxy groups -OCH3 is 1. The number of rotatable bonds is 5. The lowest BCUT2D eigenvalue weighted by Crippen LogP contribution is -2.39. The first-order chi connectivity index (χ1) is 9.61. The molecule has 0 spiro atoms. The Bertz CT molecular complexity index is 630. The number of benzene rings is 1. The molecule has 7 nitrogen and oxygen atoms in total. The Morgan fingerprint density at radius 3 is 2.70 bits per heavy atom. The Morgan fingerprint density at radius 1 is 1.45 bits per heavy atom. The predicted octanol–water partition coefficient (Wildman–Crippen LogP) is 0.0778. The fourth-order valence-corrected chi connectivity index (χ4v) is 1.72. The number of ether oxygens (including phenoxy) is 1. The molecule has 106 valence electrons. The van der Waals surface area contributed by atoms with Gasteiger partial charge in [-0.25, -0.2) is 4.79 Å². The second kappa shape index (κ2) is 6.18. The van der Waals surface area contributed by atoms with Crippen molar-refractivity contribution in [2.75, 3.05) is 19.0 Å². The molecule has 1 heterocycles. The lowest BCUT2D eigenvalue weighted by Gasteiger charge is -2.11. The van der Waals surface area contributed by atoms with Crippen LogP contribution in [0.1, 0.15) is 0 Å². The van der Waals surface area contributed by atoms with E-state index in [1.54, 1.807) is 36.7 Å². The molecule has 1 amide bonds. The topological polar surface area (TPSA) is 102 Å². The maximum Gasteiger partial charge on any atom is 0.330 e. The Kier molecular flexibility index (Phi) is 4.34. The Hall–Kier alpha value is -2.38. The maximum atomic E-state index is 11.7. The molecule has 2 rings (SSSR count). The van der Waals surface area contributed by atoms with Crippen molar-refractivity contribution in [3.8, 4) is 5.69 Å². The van der Waals surface area contributed by atoms with E-state index in [1.807, 2.05) is 0 Å². The minimum atomic E-state index is -0.716. The van der Waals surface area contributed by atoms with Crippen LogP contribution in [-0.4, -0.2) is 35.2 Å². The molecule has 2 aromatic rings. The van der Waals surface area contributed by atoms with Gasteiger partial charge in [0.1, 0.15) is 6.04 Å². The quantitative estimate of drug-likeness (QED) is 0.719. The van der Waals surface area contributed by atoms with Gasteiger partial charge in [0.25, 0.3) is 0 Å². The monoisotopic (exact) mass is 276 g/mol. The van der Waals surface area contributed by atoms with Gasteiger partial charge in [-0.15, -0.1) is 0 Å². The summed E-state index contributed by atoms with van der Waals surface area (Å²) in [6.07, 6.45) is 3.19. The summed E-state index contributed by atoms with van der Waals surface area (Å²) in [6, 6.07) is 6.14. The number of aromatic amines is 1. The fourth-order valence-electron chi connectivity index (χ4n) is 1.72. The van der Waals surface area contributed by atoms with E-state index in [9.17, 15) is 9.59 Å². The number of hydrogen-bond acceptors (Lipinski definition) is 4. The number of H-pyrrole nitrogens is 1. The van der Waals surface area contributed by atoms with E-state index in [0.29, 0.717) is 11.4 Å². The highest BCUT2D eigenvalue weighted by Gasteiger charge is 2.12. The Balaban J connectivity index is 2.07. The SMILES string of the molecule is COCC(N)C(=O)Nc1ccc(-n2cc[nH]c2=O)cc1. The van der Waals surface area contributed by atoms with Crippen LogP contribution in [0.2, 0.25) is 0 Å². The van der Waals surface area contributed by atoms with Crippen LogP contribution in [0.3, 0.4) is 0 Å². The molecule has 0 radical (unpaired) electrons. The largest absolute Gasteiger partial charge is 0.383 e. The van der Waals surface area contributed by atoms with E-state index in [1.165, 1.54) is 11.7 Å². The molecule has 1 unspecified atom stereocenters. The third-order valence-electron chi connectivity index (χ3n) is 2.75. The van der Waals surface area contributed by atoms with Gasteiger partial charge < -0.3 is 20.8 Å². The molecule has 0 saturated heterocycles. The number of carbonyl (C=O) groups is 1. The van der Waals surface area contributed by atoms with E-state index in [0.717, 1.165) is 0 Å². The van der Waals surface area contributed by atoms with Gasteiger partial charge in [0.15, 0.2) is 0 Å². The van der Waals surface area contributed by atoms with Gasteiger partial charge in [0, 0.05) is 25.2 Å². The van der Waals surface area contributed by atoms with E-state index < -0.39 is 6.04 Å². The van der Waals surface area contributed by atoms with Gasteiger partial charge in [0.2, 0.25) is 5.91 Å². The molecule has 1 aromatic carbocycles. The molecule has 7 heteroatoms. The smallest absolute Gasteiger partial charge is 0.330 e. The molecule has 1 aromatic heterocycles. The lowest BCUT2D eigenvalue weighted by atomic mass is 10.2. The number of aromatic nitrogens is 2. The van der Waals surface area contributed by atoms with Crippen LogP contribution in [0.15, 0.2) is 41.5 Å². The van der Waals surface area contributed by atoms with Gasteiger partial charge in [-0.1, -0.05) is 0 Å². The Labute approximate surface area is 115 Å². The first-order valence-corrected chi connectivity index (χ1v) is 6.03. The first-order valence-electron chi connectivity index (χ1n) is 6.03. The van der Waals surface area contributed by atoms with Crippen molar-refractivity contribution in [1.82, 2.24) is 9.55 Å².